The minimum atomic E-state index is -0.764. The number of nitrogen functional groups attached to an aromatic ring is 1. The number of carboxylic acid groups (broad SMARTS) is 1. The highest BCUT2D eigenvalue weighted by atomic mass is 16.4. The summed E-state index contributed by atoms with van der Waals surface area (Å²) < 4.78 is 0. The molecule has 0 atom stereocenters. The summed E-state index contributed by atoms with van der Waals surface area (Å²) in [5, 5.41) is 17.6. The molecule has 0 saturated carbocycles. The number of nitrogens with two attached hydrogens (primary N) is 1. The Balaban J connectivity index is 2.38. The van der Waals surface area contributed by atoms with Crippen molar-refractivity contribution in [1.82, 2.24) is 0 Å². The third-order valence-corrected chi connectivity index (χ3v) is 2.20. The molecule has 1 aromatic rings. The summed E-state index contributed by atoms with van der Waals surface area (Å²) in [5.74, 6) is -0.676. The number of anilines is 1. The molecular formula is C11H15NO3. The maximum Gasteiger partial charge on any atom is 0.303 e. The molecular weight excluding hydrogens is 194 g/mol. The SMILES string of the molecule is Nc1cc(CCCCC(=O)O)ccc1O. The normalized spacial score (nSPS) is 10.1. The van der Waals surface area contributed by atoms with E-state index in [9.17, 15) is 9.90 Å². The number of hydrogen-bond donors (Lipinski definition) is 3. The van der Waals surface area contributed by atoms with E-state index < -0.39 is 5.97 Å². The number of benzene rings is 1. The zero-order valence-electron chi connectivity index (χ0n) is 8.44. The second-order valence-corrected chi connectivity index (χ2v) is 3.49. The van der Waals surface area contributed by atoms with Gasteiger partial charge in [0.05, 0.1) is 5.69 Å². The van der Waals surface area contributed by atoms with E-state index >= 15 is 0 Å². The predicted octanol–water partition coefficient (Wildman–Crippen LogP) is 1.77. The minimum Gasteiger partial charge on any atom is -0.506 e. The molecule has 15 heavy (non-hydrogen) atoms. The van der Waals surface area contributed by atoms with Gasteiger partial charge in [-0.3, -0.25) is 4.79 Å². The van der Waals surface area contributed by atoms with Gasteiger partial charge >= 0.3 is 5.97 Å². The third-order valence-electron chi connectivity index (χ3n) is 2.20. The van der Waals surface area contributed by atoms with Crippen molar-refractivity contribution >= 4 is 11.7 Å². The van der Waals surface area contributed by atoms with Crippen LogP contribution in [0, 0.1) is 0 Å². The van der Waals surface area contributed by atoms with Gasteiger partial charge in [0.1, 0.15) is 5.75 Å². The molecule has 0 aliphatic carbocycles. The van der Waals surface area contributed by atoms with Gasteiger partial charge in [-0.1, -0.05) is 6.07 Å². The van der Waals surface area contributed by atoms with E-state index in [0.717, 1.165) is 18.4 Å². The largest absolute Gasteiger partial charge is 0.506 e. The van der Waals surface area contributed by atoms with Crippen LogP contribution in [-0.2, 0) is 11.2 Å². The van der Waals surface area contributed by atoms with E-state index in [1.807, 2.05) is 0 Å². The van der Waals surface area contributed by atoms with Crippen molar-refractivity contribution < 1.29 is 15.0 Å². The zero-order valence-corrected chi connectivity index (χ0v) is 8.44. The summed E-state index contributed by atoms with van der Waals surface area (Å²) in [5.41, 5.74) is 6.92. The van der Waals surface area contributed by atoms with E-state index in [2.05, 4.69) is 0 Å². The van der Waals surface area contributed by atoms with Gasteiger partial charge in [-0.25, -0.2) is 0 Å². The van der Waals surface area contributed by atoms with Gasteiger partial charge in [0, 0.05) is 6.42 Å². The number of phenols is 1. The molecule has 1 rings (SSSR count). The lowest BCUT2D eigenvalue weighted by Gasteiger charge is -2.03. The standard InChI is InChI=1S/C11H15NO3/c12-9-7-8(5-6-10(9)13)3-1-2-4-11(14)15/h5-7,13H,1-4,12H2,(H,14,15). The van der Waals surface area contributed by atoms with Gasteiger partial charge in [0.2, 0.25) is 0 Å². The summed E-state index contributed by atoms with van der Waals surface area (Å²) in [6.07, 6.45) is 2.47. The molecule has 0 aromatic heterocycles. The number of hydrogen-bond acceptors (Lipinski definition) is 3. The predicted molar refractivity (Wildman–Crippen MR) is 57.7 cm³/mol. The second kappa shape index (κ2) is 5.24. The molecule has 82 valence electrons. The molecule has 4 nitrogen and oxygen atoms in total. The van der Waals surface area contributed by atoms with Crippen LogP contribution in [0.5, 0.6) is 5.75 Å². The van der Waals surface area contributed by atoms with E-state index in [4.69, 9.17) is 10.8 Å². The molecule has 0 bridgehead atoms. The fourth-order valence-electron chi connectivity index (χ4n) is 1.36. The quantitative estimate of drug-likeness (QED) is 0.392. The number of rotatable bonds is 5. The Morgan fingerprint density at radius 2 is 2.07 bits per heavy atom. The van der Waals surface area contributed by atoms with Crippen molar-refractivity contribution in [3.05, 3.63) is 23.8 Å². The Morgan fingerprint density at radius 3 is 2.67 bits per heavy atom. The smallest absolute Gasteiger partial charge is 0.303 e. The summed E-state index contributed by atoms with van der Waals surface area (Å²) in [7, 11) is 0. The van der Waals surface area contributed by atoms with Gasteiger partial charge in [0.15, 0.2) is 0 Å². The topological polar surface area (TPSA) is 83.6 Å². The first-order valence-corrected chi connectivity index (χ1v) is 4.89. The van der Waals surface area contributed by atoms with Gasteiger partial charge in [0.25, 0.3) is 0 Å². The van der Waals surface area contributed by atoms with Crippen LogP contribution in [0.2, 0.25) is 0 Å². The average Bonchev–Trinajstić information content (AvgIpc) is 2.18. The third kappa shape index (κ3) is 3.89. The Morgan fingerprint density at radius 1 is 1.33 bits per heavy atom. The second-order valence-electron chi connectivity index (χ2n) is 3.49. The first kappa shape index (κ1) is 11.4. The Kier molecular flexibility index (Phi) is 3.97. The fourth-order valence-corrected chi connectivity index (χ4v) is 1.36. The van der Waals surface area contributed by atoms with Crippen LogP contribution < -0.4 is 5.73 Å². The molecule has 0 unspecified atom stereocenters. The average molecular weight is 209 g/mol. The first-order valence-electron chi connectivity index (χ1n) is 4.89. The van der Waals surface area contributed by atoms with Crippen LogP contribution in [-0.4, -0.2) is 16.2 Å². The maximum absolute atomic E-state index is 10.3. The Labute approximate surface area is 88.3 Å². The van der Waals surface area contributed by atoms with Gasteiger partial charge in [-0.2, -0.15) is 0 Å². The molecule has 4 N–H and O–H groups in total. The lowest BCUT2D eigenvalue weighted by atomic mass is 10.1. The monoisotopic (exact) mass is 209 g/mol. The van der Waals surface area contributed by atoms with Crippen LogP contribution in [0.4, 0.5) is 5.69 Å². The Bertz CT molecular complexity index is 350. The summed E-state index contributed by atoms with van der Waals surface area (Å²) >= 11 is 0. The van der Waals surface area contributed by atoms with Gasteiger partial charge in [-0.15, -0.1) is 0 Å². The number of unbranched alkanes of at least 4 members (excludes halogenated alkanes) is 1. The molecule has 0 aliphatic rings. The number of aromatic hydroxyl groups is 1. The number of aryl methyl sites for hydroxylation is 1. The van der Waals surface area contributed by atoms with Crippen molar-refractivity contribution in [2.45, 2.75) is 25.7 Å². The van der Waals surface area contributed by atoms with Crippen molar-refractivity contribution in [3.63, 3.8) is 0 Å². The summed E-state index contributed by atoms with van der Waals surface area (Å²) in [4.78, 5) is 10.3. The highest BCUT2D eigenvalue weighted by Crippen LogP contribution is 2.21. The molecule has 0 heterocycles. The van der Waals surface area contributed by atoms with Crippen LogP contribution >= 0.6 is 0 Å². The number of aliphatic carboxylic acids is 1. The van der Waals surface area contributed by atoms with Crippen LogP contribution in [0.3, 0.4) is 0 Å². The molecule has 4 heteroatoms. The minimum absolute atomic E-state index is 0.0873. The lowest BCUT2D eigenvalue weighted by molar-refractivity contribution is -0.137. The molecule has 0 amide bonds. The molecule has 0 fully saturated rings. The number of carboxylic acids is 1. The van der Waals surface area contributed by atoms with Crippen LogP contribution in [0.15, 0.2) is 18.2 Å². The van der Waals surface area contributed by atoms with Crippen molar-refractivity contribution in [2.75, 3.05) is 5.73 Å². The van der Waals surface area contributed by atoms with E-state index in [-0.39, 0.29) is 12.2 Å². The lowest BCUT2D eigenvalue weighted by Crippen LogP contribution is -1.95. The van der Waals surface area contributed by atoms with E-state index in [1.165, 1.54) is 0 Å². The molecule has 0 saturated heterocycles. The van der Waals surface area contributed by atoms with Crippen molar-refractivity contribution in [3.8, 4) is 5.75 Å². The van der Waals surface area contributed by atoms with E-state index in [1.54, 1.807) is 18.2 Å². The van der Waals surface area contributed by atoms with Gasteiger partial charge < -0.3 is 15.9 Å². The van der Waals surface area contributed by atoms with Crippen LogP contribution in [0.25, 0.3) is 0 Å². The first-order chi connectivity index (χ1) is 7.09. The Hall–Kier alpha value is -1.71. The van der Waals surface area contributed by atoms with E-state index in [0.29, 0.717) is 12.1 Å². The summed E-state index contributed by atoms with van der Waals surface area (Å²) in [6.45, 7) is 0. The highest BCUT2D eigenvalue weighted by Gasteiger charge is 2.00. The zero-order chi connectivity index (χ0) is 11.3. The number of carbonyl (C=O) groups is 1. The maximum atomic E-state index is 10.3. The highest BCUT2D eigenvalue weighted by molar-refractivity contribution is 5.66. The summed E-state index contributed by atoms with van der Waals surface area (Å²) in [6, 6.07) is 5.07. The van der Waals surface area contributed by atoms with Crippen LogP contribution in [0.1, 0.15) is 24.8 Å². The molecule has 0 spiro atoms. The van der Waals surface area contributed by atoms with Gasteiger partial charge in [-0.05, 0) is 37.0 Å². The van der Waals surface area contributed by atoms with Crippen molar-refractivity contribution in [1.29, 1.82) is 0 Å². The molecule has 0 radical (unpaired) electrons. The van der Waals surface area contributed by atoms with Crippen molar-refractivity contribution in [2.24, 2.45) is 0 Å². The molecule has 1 aromatic carbocycles. The molecule has 0 aliphatic heterocycles. The fraction of sp³-hybridized carbons (Fsp3) is 0.364. The number of phenolic OH excluding ortho intramolecular Hbond substituents is 1.